The number of nitrogens with one attached hydrogen (secondary N) is 1. The van der Waals surface area contributed by atoms with E-state index in [0.29, 0.717) is 0 Å². The number of aromatic nitrogens is 2. The first-order valence-electron chi connectivity index (χ1n) is 4.11. The first kappa shape index (κ1) is 10.9. The molecule has 0 aromatic carbocycles. The van der Waals surface area contributed by atoms with E-state index in [9.17, 15) is 13.2 Å². The van der Waals surface area contributed by atoms with Gasteiger partial charge in [0.25, 0.3) is 0 Å². The quantitative estimate of drug-likeness (QED) is 0.815. The Morgan fingerprint density at radius 3 is 2.57 bits per heavy atom. The zero-order valence-corrected chi connectivity index (χ0v) is 7.54. The van der Waals surface area contributed by atoms with Crippen LogP contribution in [0, 0.1) is 0 Å². The van der Waals surface area contributed by atoms with Crippen molar-refractivity contribution < 1.29 is 13.2 Å². The summed E-state index contributed by atoms with van der Waals surface area (Å²) in [5.41, 5.74) is -0.109. The molecule has 1 unspecified atom stereocenters. The van der Waals surface area contributed by atoms with E-state index in [-0.39, 0.29) is 12.2 Å². The minimum absolute atomic E-state index is 0.109. The highest BCUT2D eigenvalue weighted by Crippen LogP contribution is 2.30. The molecule has 1 heterocycles. The maximum Gasteiger partial charge on any atom is 0.409 e. The second-order valence-electron chi connectivity index (χ2n) is 2.66. The van der Waals surface area contributed by atoms with E-state index < -0.39 is 12.2 Å². The van der Waals surface area contributed by atoms with Gasteiger partial charge in [-0.1, -0.05) is 6.92 Å². The molecule has 0 bridgehead atoms. The van der Waals surface area contributed by atoms with Crippen LogP contribution in [0.5, 0.6) is 0 Å². The van der Waals surface area contributed by atoms with Gasteiger partial charge in [0.15, 0.2) is 0 Å². The van der Waals surface area contributed by atoms with Crippen LogP contribution in [-0.2, 0) is 0 Å². The number of rotatable bonds is 3. The molecule has 14 heavy (non-hydrogen) atoms. The Kier molecular flexibility index (Phi) is 3.40. The first-order valence-corrected chi connectivity index (χ1v) is 4.11. The molecule has 6 heteroatoms. The van der Waals surface area contributed by atoms with Crippen molar-refractivity contribution in [2.75, 3.05) is 6.54 Å². The van der Waals surface area contributed by atoms with Crippen LogP contribution in [-0.4, -0.2) is 22.7 Å². The molecule has 1 aromatic heterocycles. The summed E-state index contributed by atoms with van der Waals surface area (Å²) in [7, 11) is 0. The van der Waals surface area contributed by atoms with Gasteiger partial charge in [0.1, 0.15) is 6.04 Å². The molecule has 0 saturated heterocycles. The Morgan fingerprint density at radius 2 is 2.14 bits per heavy atom. The van der Waals surface area contributed by atoms with Crippen LogP contribution in [0.1, 0.15) is 18.7 Å². The van der Waals surface area contributed by atoms with E-state index in [1.165, 1.54) is 12.4 Å². The van der Waals surface area contributed by atoms with Gasteiger partial charge in [-0.2, -0.15) is 13.2 Å². The van der Waals surface area contributed by atoms with Crippen LogP contribution in [0.2, 0.25) is 0 Å². The smallest absolute Gasteiger partial charge is 0.301 e. The Morgan fingerprint density at radius 1 is 1.43 bits per heavy atom. The van der Waals surface area contributed by atoms with Crippen molar-refractivity contribution in [1.29, 1.82) is 0 Å². The number of alkyl halides is 3. The van der Waals surface area contributed by atoms with Gasteiger partial charge in [0.2, 0.25) is 0 Å². The molecule has 0 radical (unpaired) electrons. The fraction of sp³-hybridized carbons (Fsp3) is 0.500. The third-order valence-corrected chi connectivity index (χ3v) is 1.61. The number of hydrogen-bond acceptors (Lipinski definition) is 3. The average Bonchev–Trinajstić information content (AvgIpc) is 2.14. The van der Waals surface area contributed by atoms with E-state index in [1.807, 2.05) is 0 Å². The molecule has 1 rings (SSSR count). The van der Waals surface area contributed by atoms with E-state index in [1.54, 1.807) is 6.92 Å². The van der Waals surface area contributed by atoms with Crippen molar-refractivity contribution in [3.05, 3.63) is 24.3 Å². The summed E-state index contributed by atoms with van der Waals surface area (Å²) >= 11 is 0. The van der Waals surface area contributed by atoms with Gasteiger partial charge in [-0.25, -0.2) is 0 Å². The minimum atomic E-state index is -4.34. The average molecular weight is 205 g/mol. The number of hydrogen-bond donors (Lipinski definition) is 1. The zero-order chi connectivity index (χ0) is 10.6. The topological polar surface area (TPSA) is 37.8 Å². The second-order valence-corrected chi connectivity index (χ2v) is 2.66. The summed E-state index contributed by atoms with van der Waals surface area (Å²) in [6.45, 7) is 1.83. The number of halogens is 3. The molecule has 0 amide bonds. The predicted molar refractivity (Wildman–Crippen MR) is 44.5 cm³/mol. The van der Waals surface area contributed by atoms with E-state index in [0.717, 1.165) is 6.20 Å². The Labute approximate surface area is 79.4 Å². The molecule has 0 aliphatic heterocycles. The van der Waals surface area contributed by atoms with Crippen LogP contribution >= 0.6 is 0 Å². The summed E-state index contributed by atoms with van der Waals surface area (Å²) in [4.78, 5) is 7.22. The summed E-state index contributed by atoms with van der Waals surface area (Å²) in [6, 6.07) is -1.74. The fourth-order valence-electron chi connectivity index (χ4n) is 1.05. The molecule has 1 N–H and O–H groups in total. The molecule has 0 aliphatic carbocycles. The lowest BCUT2D eigenvalue weighted by molar-refractivity contribution is -0.158. The summed E-state index contributed by atoms with van der Waals surface area (Å²) < 4.78 is 37.4. The molecule has 0 spiro atoms. The molecule has 0 saturated carbocycles. The van der Waals surface area contributed by atoms with Crippen molar-refractivity contribution in [2.45, 2.75) is 19.1 Å². The van der Waals surface area contributed by atoms with Crippen LogP contribution in [0.25, 0.3) is 0 Å². The molecule has 1 aromatic rings. The van der Waals surface area contributed by atoms with Crippen molar-refractivity contribution in [2.24, 2.45) is 0 Å². The maximum absolute atomic E-state index is 12.5. The molecule has 0 fully saturated rings. The van der Waals surface area contributed by atoms with E-state index >= 15 is 0 Å². The van der Waals surface area contributed by atoms with Crippen molar-refractivity contribution in [3.63, 3.8) is 0 Å². The monoisotopic (exact) mass is 205 g/mol. The maximum atomic E-state index is 12.5. The zero-order valence-electron chi connectivity index (χ0n) is 7.54. The number of nitrogens with zero attached hydrogens (tertiary/aromatic N) is 2. The van der Waals surface area contributed by atoms with Crippen molar-refractivity contribution >= 4 is 0 Å². The summed E-state index contributed by atoms with van der Waals surface area (Å²) in [5.74, 6) is 0. The normalized spacial score (nSPS) is 14.0. The van der Waals surface area contributed by atoms with E-state index in [4.69, 9.17) is 0 Å². The summed E-state index contributed by atoms with van der Waals surface area (Å²) in [5, 5.41) is 2.31. The fourth-order valence-corrected chi connectivity index (χ4v) is 1.05. The molecule has 0 aliphatic rings. The van der Waals surface area contributed by atoms with Crippen LogP contribution in [0.15, 0.2) is 18.6 Å². The van der Waals surface area contributed by atoms with Crippen molar-refractivity contribution in [3.8, 4) is 0 Å². The SMILES string of the molecule is CCNC(c1cnccn1)C(F)(F)F. The van der Waals surface area contributed by atoms with Gasteiger partial charge in [0, 0.05) is 12.4 Å². The first-order chi connectivity index (χ1) is 6.55. The van der Waals surface area contributed by atoms with Crippen LogP contribution in [0.3, 0.4) is 0 Å². The standard InChI is InChI=1S/C8H10F3N3/c1-2-13-7(8(9,10)11)6-5-12-3-4-14-6/h3-5,7,13H,2H2,1H3. The van der Waals surface area contributed by atoms with Gasteiger partial charge >= 0.3 is 6.18 Å². The van der Waals surface area contributed by atoms with Crippen LogP contribution in [0.4, 0.5) is 13.2 Å². The summed E-state index contributed by atoms with van der Waals surface area (Å²) in [6.07, 6.45) is -0.652. The minimum Gasteiger partial charge on any atom is -0.301 e. The van der Waals surface area contributed by atoms with Gasteiger partial charge < -0.3 is 5.32 Å². The molecule has 3 nitrogen and oxygen atoms in total. The lowest BCUT2D eigenvalue weighted by atomic mass is 10.2. The second kappa shape index (κ2) is 4.36. The molecule has 78 valence electrons. The van der Waals surface area contributed by atoms with Gasteiger partial charge in [0.05, 0.1) is 11.9 Å². The lowest BCUT2D eigenvalue weighted by Gasteiger charge is -2.19. The third kappa shape index (κ3) is 2.66. The lowest BCUT2D eigenvalue weighted by Crippen LogP contribution is -2.34. The van der Waals surface area contributed by atoms with Crippen molar-refractivity contribution in [1.82, 2.24) is 15.3 Å². The highest BCUT2D eigenvalue weighted by atomic mass is 19.4. The van der Waals surface area contributed by atoms with E-state index in [2.05, 4.69) is 15.3 Å². The molecule has 1 atom stereocenters. The predicted octanol–water partition coefficient (Wildman–Crippen LogP) is 1.69. The highest BCUT2D eigenvalue weighted by Gasteiger charge is 2.41. The Balaban J connectivity index is 2.89. The Bertz CT molecular complexity index is 273. The van der Waals surface area contributed by atoms with Gasteiger partial charge in [-0.15, -0.1) is 0 Å². The molecular weight excluding hydrogens is 195 g/mol. The van der Waals surface area contributed by atoms with Gasteiger partial charge in [-0.05, 0) is 6.54 Å². The largest absolute Gasteiger partial charge is 0.409 e. The molecular formula is C8H10F3N3. The van der Waals surface area contributed by atoms with Gasteiger partial charge in [-0.3, -0.25) is 9.97 Å². The third-order valence-electron chi connectivity index (χ3n) is 1.61. The highest BCUT2D eigenvalue weighted by molar-refractivity contribution is 5.04. The Hall–Kier alpha value is -1.17. The van der Waals surface area contributed by atoms with Crippen LogP contribution < -0.4 is 5.32 Å².